The van der Waals surface area contributed by atoms with E-state index >= 15 is 0 Å². The summed E-state index contributed by atoms with van der Waals surface area (Å²) in [6, 6.07) is 10.1. The minimum atomic E-state index is 0.223. The molecule has 0 saturated carbocycles. The van der Waals surface area contributed by atoms with Gasteiger partial charge in [0.1, 0.15) is 5.82 Å². The van der Waals surface area contributed by atoms with Crippen LogP contribution >= 0.6 is 15.9 Å². The normalized spacial score (nSPS) is 12.4. The van der Waals surface area contributed by atoms with E-state index in [1.54, 1.807) is 0 Å². The van der Waals surface area contributed by atoms with Crippen LogP contribution in [0.2, 0.25) is 0 Å². The first-order valence-corrected chi connectivity index (χ1v) is 7.25. The monoisotopic (exact) mass is 319 g/mol. The van der Waals surface area contributed by atoms with Gasteiger partial charge in [-0.05, 0) is 25.5 Å². The zero-order valence-electron chi connectivity index (χ0n) is 11.2. The zero-order chi connectivity index (χ0) is 13.8. The molecule has 0 aliphatic rings. The second-order valence-electron chi connectivity index (χ2n) is 4.57. The molecule has 1 heterocycles. The highest BCUT2D eigenvalue weighted by molar-refractivity contribution is 9.10. The average molecular weight is 320 g/mol. The van der Waals surface area contributed by atoms with Crippen molar-refractivity contribution in [3.8, 4) is 11.3 Å². The second-order valence-corrected chi connectivity index (χ2v) is 5.43. The highest BCUT2D eigenvalue weighted by Crippen LogP contribution is 2.28. The number of aryl methyl sites for hydroxylation is 1. The van der Waals surface area contributed by atoms with Crippen molar-refractivity contribution in [2.24, 2.45) is 5.73 Å². The van der Waals surface area contributed by atoms with Crippen LogP contribution in [0.5, 0.6) is 0 Å². The van der Waals surface area contributed by atoms with Crippen LogP contribution in [0.25, 0.3) is 11.3 Å². The van der Waals surface area contributed by atoms with Gasteiger partial charge in [0.2, 0.25) is 0 Å². The van der Waals surface area contributed by atoms with E-state index in [0.717, 1.165) is 33.7 Å². The lowest BCUT2D eigenvalue weighted by Gasteiger charge is -2.13. The van der Waals surface area contributed by atoms with Crippen LogP contribution in [0, 0.1) is 6.92 Å². The fourth-order valence-corrected chi connectivity index (χ4v) is 2.52. The number of aromatic nitrogens is 2. The van der Waals surface area contributed by atoms with Crippen molar-refractivity contribution < 1.29 is 0 Å². The SMILES string of the molecule is CCC(CN)c1nc(C)cc(-c2ccccc2Br)n1. The molecule has 3 nitrogen and oxygen atoms in total. The number of halogens is 1. The summed E-state index contributed by atoms with van der Waals surface area (Å²) in [5, 5.41) is 0. The molecule has 0 amide bonds. The van der Waals surface area contributed by atoms with Crippen LogP contribution in [0.15, 0.2) is 34.8 Å². The molecule has 2 aromatic rings. The van der Waals surface area contributed by atoms with Gasteiger partial charge in [-0.15, -0.1) is 0 Å². The van der Waals surface area contributed by atoms with Crippen LogP contribution in [-0.4, -0.2) is 16.5 Å². The van der Waals surface area contributed by atoms with Gasteiger partial charge in [0.15, 0.2) is 0 Å². The molecular weight excluding hydrogens is 302 g/mol. The van der Waals surface area contributed by atoms with Crippen LogP contribution in [-0.2, 0) is 0 Å². The first kappa shape index (κ1) is 14.2. The van der Waals surface area contributed by atoms with Gasteiger partial charge >= 0.3 is 0 Å². The molecule has 0 saturated heterocycles. The number of nitrogens with zero attached hydrogens (tertiary/aromatic N) is 2. The Balaban J connectivity index is 2.51. The van der Waals surface area contributed by atoms with Gasteiger partial charge in [-0.25, -0.2) is 9.97 Å². The maximum atomic E-state index is 5.79. The van der Waals surface area contributed by atoms with Crippen LogP contribution in [0.3, 0.4) is 0 Å². The first-order chi connectivity index (χ1) is 9.15. The van der Waals surface area contributed by atoms with E-state index in [9.17, 15) is 0 Å². The quantitative estimate of drug-likeness (QED) is 0.935. The fourth-order valence-electron chi connectivity index (χ4n) is 2.04. The highest BCUT2D eigenvalue weighted by Gasteiger charge is 2.13. The van der Waals surface area contributed by atoms with Crippen molar-refractivity contribution in [1.82, 2.24) is 9.97 Å². The van der Waals surface area contributed by atoms with E-state index in [4.69, 9.17) is 5.73 Å². The Morgan fingerprint density at radius 3 is 2.63 bits per heavy atom. The van der Waals surface area contributed by atoms with Crippen molar-refractivity contribution in [1.29, 1.82) is 0 Å². The van der Waals surface area contributed by atoms with E-state index in [-0.39, 0.29) is 5.92 Å². The van der Waals surface area contributed by atoms with Crippen LogP contribution in [0.4, 0.5) is 0 Å². The third kappa shape index (κ3) is 3.19. The van der Waals surface area contributed by atoms with Gasteiger partial charge in [0.05, 0.1) is 5.69 Å². The predicted molar refractivity (Wildman–Crippen MR) is 82.0 cm³/mol. The van der Waals surface area contributed by atoms with Crippen LogP contribution < -0.4 is 5.73 Å². The van der Waals surface area contributed by atoms with Crippen LogP contribution in [0.1, 0.15) is 30.8 Å². The van der Waals surface area contributed by atoms with E-state index < -0.39 is 0 Å². The molecular formula is C15H18BrN3. The second kappa shape index (κ2) is 6.26. The lowest BCUT2D eigenvalue weighted by atomic mass is 10.0. The Labute approximate surface area is 122 Å². The molecule has 19 heavy (non-hydrogen) atoms. The molecule has 0 radical (unpaired) electrons. The van der Waals surface area contributed by atoms with E-state index in [0.29, 0.717) is 6.54 Å². The predicted octanol–water partition coefficient (Wildman–Crippen LogP) is 3.67. The Hall–Kier alpha value is -1.26. The molecule has 1 unspecified atom stereocenters. The number of rotatable bonds is 4. The first-order valence-electron chi connectivity index (χ1n) is 6.46. The Morgan fingerprint density at radius 1 is 1.26 bits per heavy atom. The minimum Gasteiger partial charge on any atom is -0.330 e. The fraction of sp³-hybridized carbons (Fsp3) is 0.333. The van der Waals surface area contributed by atoms with Crippen molar-refractivity contribution in [3.05, 3.63) is 46.3 Å². The molecule has 2 N–H and O–H groups in total. The Morgan fingerprint density at radius 2 is 2.00 bits per heavy atom. The molecule has 0 bridgehead atoms. The summed E-state index contributed by atoms with van der Waals surface area (Å²) in [5.41, 5.74) is 8.80. The van der Waals surface area contributed by atoms with Crippen molar-refractivity contribution >= 4 is 15.9 Å². The molecule has 0 aliphatic heterocycles. The summed E-state index contributed by atoms with van der Waals surface area (Å²) < 4.78 is 1.04. The summed E-state index contributed by atoms with van der Waals surface area (Å²) in [4.78, 5) is 9.21. The molecule has 4 heteroatoms. The topological polar surface area (TPSA) is 51.8 Å². The maximum Gasteiger partial charge on any atom is 0.133 e. The van der Waals surface area contributed by atoms with E-state index in [2.05, 4.69) is 38.9 Å². The number of hydrogen-bond acceptors (Lipinski definition) is 3. The molecule has 0 spiro atoms. The summed E-state index contributed by atoms with van der Waals surface area (Å²) >= 11 is 3.57. The third-order valence-electron chi connectivity index (χ3n) is 3.16. The summed E-state index contributed by atoms with van der Waals surface area (Å²) in [7, 11) is 0. The molecule has 1 atom stereocenters. The molecule has 1 aromatic carbocycles. The Bertz CT molecular complexity index is 565. The smallest absolute Gasteiger partial charge is 0.133 e. The van der Waals surface area contributed by atoms with Crippen molar-refractivity contribution in [3.63, 3.8) is 0 Å². The number of benzene rings is 1. The third-order valence-corrected chi connectivity index (χ3v) is 3.86. The zero-order valence-corrected chi connectivity index (χ0v) is 12.8. The van der Waals surface area contributed by atoms with Gasteiger partial charge in [0, 0.05) is 28.2 Å². The molecule has 0 fully saturated rings. The Kier molecular flexibility index (Phi) is 4.66. The lowest BCUT2D eigenvalue weighted by Crippen LogP contribution is -2.15. The van der Waals surface area contributed by atoms with Gasteiger partial charge in [-0.1, -0.05) is 41.1 Å². The van der Waals surface area contributed by atoms with Gasteiger partial charge < -0.3 is 5.73 Å². The van der Waals surface area contributed by atoms with Crippen molar-refractivity contribution in [2.45, 2.75) is 26.2 Å². The van der Waals surface area contributed by atoms with Gasteiger partial charge in [0.25, 0.3) is 0 Å². The van der Waals surface area contributed by atoms with Gasteiger partial charge in [-0.3, -0.25) is 0 Å². The molecule has 0 aliphatic carbocycles. The molecule has 100 valence electrons. The number of hydrogen-bond donors (Lipinski definition) is 1. The minimum absolute atomic E-state index is 0.223. The van der Waals surface area contributed by atoms with E-state index in [1.165, 1.54) is 0 Å². The molecule has 2 rings (SSSR count). The van der Waals surface area contributed by atoms with Crippen molar-refractivity contribution in [2.75, 3.05) is 6.54 Å². The largest absolute Gasteiger partial charge is 0.330 e. The lowest BCUT2D eigenvalue weighted by molar-refractivity contribution is 0.628. The molecule has 1 aromatic heterocycles. The summed E-state index contributed by atoms with van der Waals surface area (Å²) in [6.45, 7) is 4.69. The average Bonchev–Trinajstić information content (AvgIpc) is 2.40. The standard InChI is InChI=1S/C15H18BrN3/c1-3-11(9-17)15-18-10(2)8-14(19-15)12-6-4-5-7-13(12)16/h4-8,11H,3,9,17H2,1-2H3. The number of nitrogens with two attached hydrogens (primary N) is 1. The summed E-state index contributed by atoms with van der Waals surface area (Å²) in [5.74, 6) is 1.07. The van der Waals surface area contributed by atoms with E-state index in [1.807, 2.05) is 31.2 Å². The van der Waals surface area contributed by atoms with Gasteiger partial charge in [-0.2, -0.15) is 0 Å². The highest BCUT2D eigenvalue weighted by atomic mass is 79.9. The summed E-state index contributed by atoms with van der Waals surface area (Å²) in [6.07, 6.45) is 0.954. The maximum absolute atomic E-state index is 5.79.